The Morgan fingerprint density at radius 2 is 1.68 bits per heavy atom. The number of nitriles is 1. The average molecular weight is 551 g/mol. The number of carbonyl (C=O) groups is 3. The predicted octanol–water partition coefficient (Wildman–Crippen LogP) is 5.67. The number of nitrogens with zero attached hydrogens (tertiary/aromatic N) is 2. The van der Waals surface area contributed by atoms with Gasteiger partial charge in [0.1, 0.15) is 11.3 Å². The lowest BCUT2D eigenvalue weighted by molar-refractivity contribution is -0.126. The van der Waals surface area contributed by atoms with Gasteiger partial charge in [-0.3, -0.25) is 20.0 Å². The molecule has 1 unspecified atom stereocenters. The Balaban J connectivity index is 1.52. The summed E-state index contributed by atoms with van der Waals surface area (Å²) in [4.78, 5) is 40.7. The minimum Gasteiger partial charge on any atom is -0.456 e. The summed E-state index contributed by atoms with van der Waals surface area (Å²) in [5, 5.41) is 14.3. The Morgan fingerprint density at radius 1 is 1.00 bits per heavy atom. The van der Waals surface area contributed by atoms with Crippen LogP contribution in [0.1, 0.15) is 36.7 Å². The molecule has 0 aromatic heterocycles. The molecule has 2 aliphatic rings. The number of nitrogens with one attached hydrogen (secondary N) is 2. The van der Waals surface area contributed by atoms with Gasteiger partial charge in [0.05, 0.1) is 27.9 Å². The van der Waals surface area contributed by atoms with E-state index in [4.69, 9.17) is 4.74 Å². The highest BCUT2D eigenvalue weighted by molar-refractivity contribution is 8.03. The molecule has 0 spiro atoms. The summed E-state index contributed by atoms with van der Waals surface area (Å²) in [7, 11) is 0. The summed E-state index contributed by atoms with van der Waals surface area (Å²) in [5.74, 6) is -3.41. The molecule has 2 heterocycles. The smallest absolute Gasteiger partial charge is 0.338 e. The van der Waals surface area contributed by atoms with Crippen molar-refractivity contribution in [3.05, 3.63) is 106 Å². The van der Waals surface area contributed by atoms with E-state index in [1.165, 1.54) is 11.8 Å². The van der Waals surface area contributed by atoms with Crippen LogP contribution < -0.4 is 15.8 Å². The van der Waals surface area contributed by atoms with Crippen LogP contribution in [0.15, 0.2) is 100 Å². The van der Waals surface area contributed by atoms with E-state index in [1.54, 1.807) is 68.2 Å². The molecule has 0 bridgehead atoms. The van der Waals surface area contributed by atoms with Gasteiger partial charge in [0.2, 0.25) is 11.7 Å². The lowest BCUT2D eigenvalue weighted by Crippen LogP contribution is -2.37. The Kier molecular flexibility index (Phi) is 7.20. The number of ketones is 1. The van der Waals surface area contributed by atoms with Crippen LogP contribution in [0.4, 0.5) is 11.4 Å². The number of anilines is 2. The van der Waals surface area contributed by atoms with Crippen LogP contribution in [-0.4, -0.2) is 23.3 Å². The van der Waals surface area contributed by atoms with Gasteiger partial charge in [-0.15, -0.1) is 0 Å². The van der Waals surface area contributed by atoms with E-state index in [0.717, 1.165) is 16.1 Å². The number of esters is 1. The molecule has 200 valence electrons. The van der Waals surface area contributed by atoms with Crippen molar-refractivity contribution < 1.29 is 19.1 Å². The SMILES string of the molecule is CC(C)(C)OC(=O)c1ccc2c(c1)SC1=C(C(=O)C(C#N)C(=O)Nc3ccccc3)NN(c3ccccc3)C1=C2. The molecule has 2 aliphatic heterocycles. The van der Waals surface area contributed by atoms with Gasteiger partial charge in [-0.1, -0.05) is 54.2 Å². The van der Waals surface area contributed by atoms with E-state index in [-0.39, 0.29) is 5.70 Å². The molecule has 3 aromatic carbocycles. The third kappa shape index (κ3) is 5.48. The topological polar surface area (TPSA) is 112 Å². The van der Waals surface area contributed by atoms with Gasteiger partial charge >= 0.3 is 5.97 Å². The van der Waals surface area contributed by atoms with Crippen LogP contribution in [0.3, 0.4) is 0 Å². The summed E-state index contributed by atoms with van der Waals surface area (Å²) < 4.78 is 5.53. The molecule has 8 nitrogen and oxygen atoms in total. The van der Waals surface area contributed by atoms with Gasteiger partial charge in [-0.25, -0.2) is 4.79 Å². The molecule has 0 radical (unpaired) electrons. The van der Waals surface area contributed by atoms with Crippen LogP contribution in [0.5, 0.6) is 0 Å². The summed E-state index contributed by atoms with van der Waals surface area (Å²) in [5.41, 5.74) is 5.80. The van der Waals surface area contributed by atoms with Gasteiger partial charge in [0.15, 0.2) is 5.92 Å². The molecular formula is C31H26N4O4S. The zero-order valence-corrected chi connectivity index (χ0v) is 22.9. The van der Waals surface area contributed by atoms with E-state index in [2.05, 4.69) is 10.7 Å². The fourth-order valence-electron chi connectivity index (χ4n) is 4.21. The second-order valence-corrected chi connectivity index (χ2v) is 11.2. The van der Waals surface area contributed by atoms with Crippen LogP contribution in [0.2, 0.25) is 0 Å². The summed E-state index contributed by atoms with van der Waals surface area (Å²) in [6.07, 6.45) is 1.91. The summed E-state index contributed by atoms with van der Waals surface area (Å²) >= 11 is 1.29. The van der Waals surface area contributed by atoms with E-state index in [1.807, 2.05) is 48.5 Å². The standard InChI is InChI=1S/C31H26N4O4S/c1-31(2,3)39-30(38)20-15-14-19-16-24-28(40-25(19)17-20)26(34-35(24)22-12-8-5-9-13-22)27(36)23(18-32)29(37)33-21-10-6-4-7-11-21/h4-17,23,34H,1-3H3,(H,33,37). The monoisotopic (exact) mass is 550 g/mol. The highest BCUT2D eigenvalue weighted by Crippen LogP contribution is 2.47. The van der Waals surface area contributed by atoms with E-state index < -0.39 is 29.2 Å². The third-order valence-corrected chi connectivity index (χ3v) is 7.22. The highest BCUT2D eigenvalue weighted by Gasteiger charge is 2.39. The molecule has 1 amide bonds. The maximum absolute atomic E-state index is 13.7. The minimum atomic E-state index is -1.58. The first-order valence-corrected chi connectivity index (χ1v) is 13.4. The molecule has 40 heavy (non-hydrogen) atoms. The van der Waals surface area contributed by atoms with E-state index in [0.29, 0.717) is 21.9 Å². The average Bonchev–Trinajstić information content (AvgIpc) is 3.30. The Hall–Kier alpha value is -4.81. The molecule has 0 saturated heterocycles. The Labute approximate surface area is 236 Å². The number of hydrogen-bond acceptors (Lipinski definition) is 8. The maximum atomic E-state index is 13.7. The van der Waals surface area contributed by atoms with Crippen molar-refractivity contribution in [1.82, 2.24) is 5.43 Å². The van der Waals surface area contributed by atoms with Crippen molar-refractivity contribution in [3.63, 3.8) is 0 Å². The van der Waals surface area contributed by atoms with E-state index in [9.17, 15) is 19.6 Å². The highest BCUT2D eigenvalue weighted by atomic mass is 32.2. The number of hydrazine groups is 1. The number of fused-ring (bicyclic) bond motifs is 2. The van der Waals surface area contributed by atoms with Crippen molar-refractivity contribution in [2.75, 3.05) is 10.3 Å². The maximum Gasteiger partial charge on any atom is 0.338 e. The van der Waals surface area contributed by atoms with Crippen molar-refractivity contribution in [3.8, 4) is 6.07 Å². The van der Waals surface area contributed by atoms with Gasteiger partial charge in [-0.2, -0.15) is 5.26 Å². The van der Waals surface area contributed by atoms with Crippen LogP contribution in [-0.2, 0) is 14.3 Å². The molecule has 0 saturated carbocycles. The van der Waals surface area contributed by atoms with Crippen molar-refractivity contribution in [2.24, 2.45) is 5.92 Å². The first-order chi connectivity index (χ1) is 19.1. The van der Waals surface area contributed by atoms with E-state index >= 15 is 0 Å². The van der Waals surface area contributed by atoms with Crippen LogP contribution in [0.25, 0.3) is 6.08 Å². The number of para-hydroxylation sites is 2. The predicted molar refractivity (Wildman–Crippen MR) is 154 cm³/mol. The lowest BCUT2D eigenvalue weighted by atomic mass is 10.0. The largest absolute Gasteiger partial charge is 0.456 e. The first-order valence-electron chi connectivity index (χ1n) is 12.6. The molecule has 9 heteroatoms. The molecule has 5 rings (SSSR count). The fraction of sp³-hybridized carbons (Fsp3) is 0.161. The third-order valence-electron chi connectivity index (χ3n) is 6.03. The second-order valence-electron chi connectivity index (χ2n) is 10.2. The number of benzene rings is 3. The fourth-order valence-corrected chi connectivity index (χ4v) is 5.37. The molecule has 1 atom stereocenters. The quantitative estimate of drug-likeness (QED) is 0.298. The first kappa shape index (κ1) is 26.8. The Bertz CT molecular complexity index is 1600. The molecular weight excluding hydrogens is 524 g/mol. The molecule has 3 aromatic rings. The number of amides is 1. The second kappa shape index (κ2) is 10.8. The molecule has 0 fully saturated rings. The summed E-state index contributed by atoms with van der Waals surface area (Å²) in [6.45, 7) is 5.41. The Morgan fingerprint density at radius 3 is 2.33 bits per heavy atom. The van der Waals surface area contributed by atoms with Crippen molar-refractivity contribution in [1.29, 1.82) is 5.26 Å². The number of ether oxygens (including phenoxy) is 1. The number of thioether (sulfide) groups is 1. The number of Topliss-reactive ketones (excluding diaryl/α,β-unsaturated/α-hetero) is 1. The number of rotatable bonds is 6. The van der Waals surface area contributed by atoms with Crippen LogP contribution in [0, 0.1) is 17.2 Å². The van der Waals surface area contributed by atoms with Crippen LogP contribution >= 0.6 is 11.8 Å². The number of carbonyl (C=O) groups excluding carboxylic acids is 3. The van der Waals surface area contributed by atoms with Crippen molar-refractivity contribution in [2.45, 2.75) is 31.3 Å². The molecule has 2 N–H and O–H groups in total. The van der Waals surface area contributed by atoms with Gasteiger partial charge in [0, 0.05) is 10.6 Å². The normalized spacial score (nSPS) is 14.7. The molecule has 0 aliphatic carbocycles. The number of hydrogen-bond donors (Lipinski definition) is 2. The van der Waals surface area contributed by atoms with Gasteiger partial charge in [-0.05, 0) is 68.8 Å². The summed E-state index contributed by atoms with van der Waals surface area (Å²) in [6, 6.07) is 25.2. The minimum absolute atomic E-state index is 0.128. The number of allylic oxidation sites excluding steroid dienone is 1. The lowest BCUT2D eigenvalue weighted by Gasteiger charge is -2.25. The van der Waals surface area contributed by atoms with Gasteiger partial charge < -0.3 is 10.1 Å². The zero-order chi connectivity index (χ0) is 28.4. The van der Waals surface area contributed by atoms with Gasteiger partial charge in [0.25, 0.3) is 0 Å². The zero-order valence-electron chi connectivity index (χ0n) is 22.1. The van der Waals surface area contributed by atoms with Crippen molar-refractivity contribution >= 4 is 46.9 Å².